The summed E-state index contributed by atoms with van der Waals surface area (Å²) in [5.74, 6) is -1.67. The molecule has 15 heavy (non-hydrogen) atoms. The van der Waals surface area contributed by atoms with Gasteiger partial charge in [0.25, 0.3) is 11.9 Å². The van der Waals surface area contributed by atoms with Crippen LogP contribution in [0.25, 0.3) is 0 Å². The number of aldehydes is 2. The second-order valence-corrected chi connectivity index (χ2v) is 1.95. The van der Waals surface area contributed by atoms with Gasteiger partial charge in [-0.25, -0.2) is 0 Å². The maximum Gasteiger partial charge on any atom is 0.300 e. The molecule has 0 heterocycles. The highest BCUT2D eigenvalue weighted by Crippen LogP contribution is 1.72. The molecule has 0 aliphatic rings. The van der Waals surface area contributed by atoms with Crippen molar-refractivity contribution in [3.8, 4) is 0 Å². The molecular weight excluding hydrogens is 208 g/mol. The van der Waals surface area contributed by atoms with Gasteiger partial charge in [0.05, 0.1) is 0 Å². The highest BCUT2D eigenvalue weighted by Gasteiger charge is 1.74. The van der Waals surface area contributed by atoms with Crippen LogP contribution < -0.4 is 0 Å². The number of aliphatic carboxylic acids is 2. The molecule has 4 N–H and O–H groups in total. The molecule has 0 bridgehead atoms. The fourth-order valence-corrected chi connectivity index (χ4v) is 0.136. The number of carboxylic acid groups (broad SMARTS) is 2. The van der Waals surface area contributed by atoms with Crippen LogP contribution in [0.3, 0.4) is 0 Å². The molecule has 0 unspecified atom stereocenters. The number of rotatable bonds is 3. The molecule has 0 atom stereocenters. The van der Waals surface area contributed by atoms with E-state index in [9.17, 15) is 9.59 Å². The van der Waals surface area contributed by atoms with Crippen LogP contribution in [-0.4, -0.2) is 40.2 Å². The average molecular weight is 224 g/mol. The molecule has 0 saturated heterocycles. The van der Waals surface area contributed by atoms with Gasteiger partial charge in [-0.15, -0.1) is 0 Å². The summed E-state index contributed by atoms with van der Waals surface area (Å²) in [4.78, 5) is 36.8. The summed E-state index contributed by atoms with van der Waals surface area (Å²) in [5, 5.41) is 14.8. The second kappa shape index (κ2) is 22.8. The monoisotopic (exact) mass is 224 g/mol. The molecular formula is C8H16O7. The van der Waals surface area contributed by atoms with Crippen molar-refractivity contribution >= 4 is 24.5 Å². The van der Waals surface area contributed by atoms with E-state index in [0.29, 0.717) is 12.8 Å². The number of carboxylic acids is 2. The first-order chi connectivity index (χ1) is 6.38. The second-order valence-electron chi connectivity index (χ2n) is 1.95. The standard InChI is InChI=1S/C4H6O2.2C2H4O2.H2O/c5-3-1-2-4-6;2*1-2(3)4;/h3-4H,1-2H2;2*1H3,(H,3,4);1H2. The Labute approximate surface area is 87.0 Å². The summed E-state index contributed by atoms with van der Waals surface area (Å²) < 4.78 is 0. The normalized spacial score (nSPS) is 6.27. The summed E-state index contributed by atoms with van der Waals surface area (Å²) in [6.07, 6.45) is 2.19. The van der Waals surface area contributed by atoms with E-state index >= 15 is 0 Å². The molecule has 0 fully saturated rings. The van der Waals surface area contributed by atoms with Crippen LogP contribution in [0.4, 0.5) is 0 Å². The average Bonchev–Trinajstić information content (AvgIpc) is 1.98. The zero-order valence-corrected chi connectivity index (χ0v) is 8.60. The number of carbonyl (C=O) groups excluding carboxylic acids is 2. The minimum atomic E-state index is -0.833. The first kappa shape index (κ1) is 23.2. The third kappa shape index (κ3) is 835. The zero-order valence-electron chi connectivity index (χ0n) is 8.60. The van der Waals surface area contributed by atoms with Crippen molar-refractivity contribution in [1.82, 2.24) is 0 Å². The lowest BCUT2D eigenvalue weighted by Crippen LogP contribution is -1.78. The maximum atomic E-state index is 9.40. The zero-order chi connectivity index (χ0) is 12.0. The Morgan fingerprint density at radius 1 is 0.933 bits per heavy atom. The van der Waals surface area contributed by atoms with Crippen LogP contribution in [0.5, 0.6) is 0 Å². The highest BCUT2D eigenvalue weighted by molar-refractivity contribution is 5.63. The lowest BCUT2D eigenvalue weighted by Gasteiger charge is -1.68. The van der Waals surface area contributed by atoms with Crippen molar-refractivity contribution < 1.29 is 34.9 Å². The molecule has 0 radical (unpaired) electrons. The first-order valence-corrected chi connectivity index (χ1v) is 3.64. The van der Waals surface area contributed by atoms with Crippen LogP contribution in [0.1, 0.15) is 26.7 Å². The maximum absolute atomic E-state index is 9.40. The van der Waals surface area contributed by atoms with E-state index in [2.05, 4.69) is 0 Å². The molecule has 0 aromatic rings. The molecule has 0 aromatic carbocycles. The molecule has 0 aliphatic heterocycles. The van der Waals surface area contributed by atoms with Gasteiger partial charge in [-0.3, -0.25) is 9.59 Å². The SMILES string of the molecule is CC(=O)O.CC(=O)O.O.O=CCCC=O. The van der Waals surface area contributed by atoms with Gasteiger partial charge in [-0.05, 0) is 0 Å². The number of hydrogen-bond acceptors (Lipinski definition) is 4. The predicted octanol–water partition coefficient (Wildman–Crippen LogP) is -0.478. The molecule has 0 amide bonds. The van der Waals surface area contributed by atoms with E-state index in [1.54, 1.807) is 0 Å². The van der Waals surface area contributed by atoms with Crippen molar-refractivity contribution in [2.24, 2.45) is 0 Å². The third-order valence-corrected chi connectivity index (χ3v) is 0.402. The Balaban J connectivity index is -0.0000000606. The van der Waals surface area contributed by atoms with E-state index < -0.39 is 11.9 Å². The Morgan fingerprint density at radius 3 is 1.13 bits per heavy atom. The molecule has 0 aliphatic carbocycles. The largest absolute Gasteiger partial charge is 0.481 e. The quantitative estimate of drug-likeness (QED) is 0.490. The van der Waals surface area contributed by atoms with Crippen LogP contribution in [0.2, 0.25) is 0 Å². The number of hydrogen-bond donors (Lipinski definition) is 2. The number of unbranched alkanes of at least 4 members (excludes halogenated alkanes) is 1. The van der Waals surface area contributed by atoms with Gasteiger partial charge in [-0.2, -0.15) is 0 Å². The van der Waals surface area contributed by atoms with E-state index in [-0.39, 0.29) is 5.48 Å². The Morgan fingerprint density at radius 2 is 1.07 bits per heavy atom. The molecule has 7 nitrogen and oxygen atoms in total. The van der Waals surface area contributed by atoms with Crippen molar-refractivity contribution in [3.05, 3.63) is 0 Å². The minimum Gasteiger partial charge on any atom is -0.481 e. The molecule has 7 heteroatoms. The van der Waals surface area contributed by atoms with Crippen LogP contribution in [0, 0.1) is 0 Å². The smallest absolute Gasteiger partial charge is 0.300 e. The Kier molecular flexibility index (Phi) is 35.3. The van der Waals surface area contributed by atoms with Crippen molar-refractivity contribution in [2.75, 3.05) is 0 Å². The Bertz CT molecular complexity index is 148. The van der Waals surface area contributed by atoms with Gasteiger partial charge in [0.2, 0.25) is 0 Å². The van der Waals surface area contributed by atoms with Crippen molar-refractivity contribution in [3.63, 3.8) is 0 Å². The van der Waals surface area contributed by atoms with E-state index in [1.807, 2.05) is 0 Å². The van der Waals surface area contributed by atoms with Gasteiger partial charge in [0.1, 0.15) is 12.6 Å². The number of carbonyl (C=O) groups is 4. The molecule has 0 rings (SSSR count). The van der Waals surface area contributed by atoms with Crippen molar-refractivity contribution in [2.45, 2.75) is 26.7 Å². The summed E-state index contributed by atoms with van der Waals surface area (Å²) in [7, 11) is 0. The van der Waals surface area contributed by atoms with Gasteiger partial charge >= 0.3 is 0 Å². The molecule has 90 valence electrons. The van der Waals surface area contributed by atoms with Crippen LogP contribution >= 0.6 is 0 Å². The highest BCUT2D eigenvalue weighted by atomic mass is 16.4. The third-order valence-electron chi connectivity index (χ3n) is 0.402. The van der Waals surface area contributed by atoms with Crippen LogP contribution in [-0.2, 0) is 19.2 Å². The summed E-state index contributed by atoms with van der Waals surface area (Å²) in [6.45, 7) is 2.17. The summed E-state index contributed by atoms with van der Waals surface area (Å²) in [6, 6.07) is 0. The first-order valence-electron chi connectivity index (χ1n) is 3.64. The van der Waals surface area contributed by atoms with Gasteiger partial charge < -0.3 is 25.3 Å². The summed E-state index contributed by atoms with van der Waals surface area (Å²) in [5.41, 5.74) is 0. The van der Waals surface area contributed by atoms with Gasteiger partial charge in [0, 0.05) is 26.7 Å². The van der Waals surface area contributed by atoms with Gasteiger partial charge in [0.15, 0.2) is 0 Å². The fraction of sp³-hybridized carbons (Fsp3) is 0.500. The van der Waals surface area contributed by atoms with Gasteiger partial charge in [-0.1, -0.05) is 0 Å². The predicted molar refractivity (Wildman–Crippen MR) is 51.6 cm³/mol. The van der Waals surface area contributed by atoms with Crippen molar-refractivity contribution in [1.29, 1.82) is 0 Å². The van der Waals surface area contributed by atoms with Crippen LogP contribution in [0.15, 0.2) is 0 Å². The molecule has 0 saturated carbocycles. The molecule has 0 spiro atoms. The summed E-state index contributed by atoms with van der Waals surface area (Å²) >= 11 is 0. The lowest BCUT2D eigenvalue weighted by atomic mass is 10.4. The topological polar surface area (TPSA) is 140 Å². The minimum absolute atomic E-state index is 0. The molecule has 0 aromatic heterocycles. The Hall–Kier alpha value is -1.76. The van der Waals surface area contributed by atoms with E-state index in [4.69, 9.17) is 19.8 Å². The fourth-order valence-electron chi connectivity index (χ4n) is 0.136. The van der Waals surface area contributed by atoms with E-state index in [0.717, 1.165) is 26.4 Å². The lowest BCUT2D eigenvalue weighted by molar-refractivity contribution is -0.135. The van der Waals surface area contributed by atoms with E-state index in [1.165, 1.54) is 0 Å².